The van der Waals surface area contributed by atoms with Crippen molar-refractivity contribution in [1.82, 2.24) is 0 Å². The van der Waals surface area contributed by atoms with Crippen molar-refractivity contribution in [2.75, 3.05) is 0 Å². The van der Waals surface area contributed by atoms with Gasteiger partial charge in [0.2, 0.25) is 0 Å². The number of carboxylic acids is 2. The third-order valence-corrected chi connectivity index (χ3v) is 5.15. The molecule has 0 bridgehead atoms. The van der Waals surface area contributed by atoms with E-state index in [1.807, 2.05) is 0 Å². The van der Waals surface area contributed by atoms with Gasteiger partial charge in [-0.05, 0) is 6.42 Å². The molecule has 118 valence electrons. The second kappa shape index (κ2) is 10.8. The molecule has 0 heterocycles. The molecule has 0 spiro atoms. The van der Waals surface area contributed by atoms with Crippen LogP contribution in [0.3, 0.4) is 0 Å². The van der Waals surface area contributed by atoms with Gasteiger partial charge in [0, 0.05) is 12.8 Å². The number of halogens is 1. The Balaban J connectivity index is 0.000000239. The first-order valence-electron chi connectivity index (χ1n) is 6.76. The Morgan fingerprint density at radius 2 is 1.09 bits per heavy atom. The Morgan fingerprint density at radius 1 is 0.727 bits per heavy atom. The van der Waals surface area contributed by atoms with E-state index in [9.17, 15) is 9.59 Å². The number of carboxylic acid groups (broad SMARTS) is 2. The predicted octanol–water partition coefficient (Wildman–Crippen LogP) is 0.141. The van der Waals surface area contributed by atoms with Crippen LogP contribution in [0.4, 0.5) is 0 Å². The molecule has 2 N–H and O–H groups in total. The van der Waals surface area contributed by atoms with Crippen molar-refractivity contribution in [3.05, 3.63) is 67.8 Å². The van der Waals surface area contributed by atoms with Gasteiger partial charge in [0.1, 0.15) is 0 Å². The monoisotopic (exact) mass is 413 g/mol. The van der Waals surface area contributed by atoms with Crippen molar-refractivity contribution >= 4 is 11.9 Å². The van der Waals surface area contributed by atoms with Crippen LogP contribution in [0, 0.1) is 7.14 Å². The second-order valence-corrected chi connectivity index (χ2v) is 7.36. The van der Waals surface area contributed by atoms with Gasteiger partial charge < -0.3 is 10.2 Å². The average molecular weight is 413 g/mol. The van der Waals surface area contributed by atoms with Crippen LogP contribution in [0.25, 0.3) is 0 Å². The molecule has 22 heavy (non-hydrogen) atoms. The van der Waals surface area contributed by atoms with Crippen LogP contribution in [0.1, 0.15) is 19.3 Å². The van der Waals surface area contributed by atoms with Crippen molar-refractivity contribution in [3.63, 3.8) is 0 Å². The maximum absolute atomic E-state index is 9.79. The molecule has 0 radical (unpaired) electrons. The zero-order valence-electron chi connectivity index (χ0n) is 12.0. The number of rotatable bonds is 6. The molecule has 0 unspecified atom stereocenters. The number of hydrogen-bond acceptors (Lipinski definition) is 2. The Bertz CT molecular complexity index is 518. The number of aliphatic carboxylic acids is 2. The fourth-order valence-electron chi connectivity index (χ4n) is 1.47. The minimum absolute atomic E-state index is 0.0287. The van der Waals surface area contributed by atoms with Crippen LogP contribution in [-0.4, -0.2) is 22.2 Å². The molecule has 0 amide bonds. The SMILES string of the molecule is O=C(O)CCCC(=O)O.c1ccc([I-]c2ccccc2)cc1. The normalized spacial score (nSPS) is 9.64. The first-order chi connectivity index (χ1) is 10.6. The van der Waals surface area contributed by atoms with Crippen molar-refractivity contribution in [2.24, 2.45) is 0 Å². The summed E-state index contributed by atoms with van der Waals surface area (Å²) in [4.78, 5) is 19.6. The predicted molar refractivity (Wildman–Crippen MR) is 79.4 cm³/mol. The average Bonchev–Trinajstić information content (AvgIpc) is 2.49. The van der Waals surface area contributed by atoms with Crippen molar-refractivity contribution < 1.29 is 41.0 Å². The summed E-state index contributed by atoms with van der Waals surface area (Å²) in [6.07, 6.45) is 0.0866. The van der Waals surface area contributed by atoms with Crippen molar-refractivity contribution in [3.8, 4) is 0 Å². The summed E-state index contributed by atoms with van der Waals surface area (Å²) in [6.45, 7) is 0. The van der Waals surface area contributed by atoms with Gasteiger partial charge in [-0.1, -0.05) is 0 Å². The van der Waals surface area contributed by atoms with E-state index in [4.69, 9.17) is 10.2 Å². The third-order valence-electron chi connectivity index (χ3n) is 2.47. The first-order valence-corrected chi connectivity index (χ1v) is 8.92. The van der Waals surface area contributed by atoms with Gasteiger partial charge in [0.15, 0.2) is 0 Å². The van der Waals surface area contributed by atoms with Crippen LogP contribution < -0.4 is 21.2 Å². The zero-order valence-corrected chi connectivity index (χ0v) is 14.1. The standard InChI is InChI=1S/C12H10I.C5H8O4/c1-3-7-11(8-4-1)13-12-9-5-2-6-10-12;6-4(7)2-1-3-5(8)9/h1-10H;1-3H2,(H,6,7)(H,8,9)/q-1;. The minimum atomic E-state index is -0.948. The fourth-order valence-corrected chi connectivity index (χ4v) is 3.74. The molecular formula is C17H18IO4-. The summed E-state index contributed by atoms with van der Waals surface area (Å²) < 4.78 is 2.96. The molecule has 0 atom stereocenters. The van der Waals surface area contributed by atoms with Gasteiger partial charge in [-0.3, -0.25) is 9.59 Å². The Kier molecular flexibility index (Phi) is 8.90. The zero-order chi connectivity index (χ0) is 16.2. The van der Waals surface area contributed by atoms with E-state index in [0.29, 0.717) is 0 Å². The van der Waals surface area contributed by atoms with E-state index in [1.165, 1.54) is 7.14 Å². The van der Waals surface area contributed by atoms with E-state index in [1.54, 1.807) is 0 Å². The molecule has 0 aliphatic carbocycles. The first kappa shape index (κ1) is 18.2. The molecule has 0 aliphatic heterocycles. The summed E-state index contributed by atoms with van der Waals surface area (Å²) >= 11 is 0.0287. The fraction of sp³-hybridized carbons (Fsp3) is 0.176. The second-order valence-electron chi connectivity index (χ2n) is 4.33. The molecule has 2 rings (SSSR count). The summed E-state index contributed by atoms with van der Waals surface area (Å²) in [5.74, 6) is -1.90. The van der Waals surface area contributed by atoms with Crippen LogP contribution in [0.5, 0.6) is 0 Å². The van der Waals surface area contributed by atoms with Crippen LogP contribution in [0.2, 0.25) is 0 Å². The van der Waals surface area contributed by atoms with Gasteiger partial charge >= 0.3 is 101 Å². The quantitative estimate of drug-likeness (QED) is 0.661. The van der Waals surface area contributed by atoms with E-state index >= 15 is 0 Å². The molecule has 2 aromatic carbocycles. The van der Waals surface area contributed by atoms with E-state index < -0.39 is 11.9 Å². The Labute approximate surface area is 140 Å². The van der Waals surface area contributed by atoms with E-state index in [2.05, 4.69) is 60.7 Å². The van der Waals surface area contributed by atoms with Crippen LogP contribution >= 0.6 is 0 Å². The Morgan fingerprint density at radius 3 is 1.41 bits per heavy atom. The van der Waals surface area contributed by atoms with Crippen molar-refractivity contribution in [1.29, 1.82) is 0 Å². The van der Waals surface area contributed by atoms with Crippen LogP contribution in [-0.2, 0) is 9.59 Å². The van der Waals surface area contributed by atoms with Gasteiger partial charge in [-0.2, -0.15) is 0 Å². The van der Waals surface area contributed by atoms with E-state index in [-0.39, 0.29) is 40.5 Å². The topological polar surface area (TPSA) is 74.6 Å². The molecular weight excluding hydrogens is 395 g/mol. The van der Waals surface area contributed by atoms with Gasteiger partial charge in [0.25, 0.3) is 0 Å². The molecule has 4 nitrogen and oxygen atoms in total. The van der Waals surface area contributed by atoms with Crippen molar-refractivity contribution in [2.45, 2.75) is 19.3 Å². The van der Waals surface area contributed by atoms with Crippen LogP contribution in [0.15, 0.2) is 60.7 Å². The molecule has 0 fully saturated rings. The third kappa shape index (κ3) is 9.12. The molecule has 0 saturated heterocycles. The maximum atomic E-state index is 9.79. The molecule has 0 aliphatic rings. The van der Waals surface area contributed by atoms with Gasteiger partial charge in [-0.15, -0.1) is 0 Å². The van der Waals surface area contributed by atoms with Gasteiger partial charge in [0.05, 0.1) is 0 Å². The summed E-state index contributed by atoms with van der Waals surface area (Å²) in [7, 11) is 0. The molecule has 0 saturated carbocycles. The summed E-state index contributed by atoms with van der Waals surface area (Å²) in [5, 5.41) is 16.1. The van der Waals surface area contributed by atoms with E-state index in [0.717, 1.165) is 0 Å². The Hall–Kier alpha value is -1.89. The molecule has 2 aromatic rings. The number of benzene rings is 2. The summed E-state index contributed by atoms with van der Waals surface area (Å²) in [6, 6.07) is 21.4. The molecule has 0 aromatic heterocycles. The number of hydrogen-bond donors (Lipinski definition) is 2. The van der Waals surface area contributed by atoms with Gasteiger partial charge in [-0.25, -0.2) is 0 Å². The number of carbonyl (C=O) groups is 2. The summed E-state index contributed by atoms with van der Waals surface area (Å²) in [5.41, 5.74) is 0. The molecule has 5 heteroatoms.